The van der Waals surface area contributed by atoms with Gasteiger partial charge in [0.15, 0.2) is 0 Å². The van der Waals surface area contributed by atoms with E-state index in [4.69, 9.17) is 16.3 Å². The molecule has 1 aliphatic rings. The smallest absolute Gasteiger partial charge is 0.234 e. The lowest BCUT2D eigenvalue weighted by molar-refractivity contribution is -0.118. The third-order valence-electron chi connectivity index (χ3n) is 2.59. The fraction of sp³-hybridized carbons (Fsp3) is 0.909. The second-order valence-corrected chi connectivity index (χ2v) is 4.62. The van der Waals surface area contributed by atoms with Gasteiger partial charge >= 0.3 is 0 Å². The van der Waals surface area contributed by atoms with E-state index in [0.29, 0.717) is 18.8 Å². The van der Waals surface area contributed by atoms with Gasteiger partial charge in [-0.3, -0.25) is 9.69 Å². The summed E-state index contributed by atoms with van der Waals surface area (Å²) in [6.07, 6.45) is 1.57. The Balaban J connectivity index is 0.00000256. The molecule has 4 nitrogen and oxygen atoms in total. The number of morpholine rings is 1. The maximum Gasteiger partial charge on any atom is 0.234 e. The topological polar surface area (TPSA) is 41.6 Å². The van der Waals surface area contributed by atoms with Crippen LogP contribution in [0.1, 0.15) is 20.3 Å². The highest BCUT2D eigenvalue weighted by atomic mass is 35.5. The molecule has 0 aromatic carbocycles. The number of carbonyl (C=O) groups excluding carboxylic acids is 1. The lowest BCUT2D eigenvalue weighted by Gasteiger charge is -2.35. The number of carbonyl (C=O) groups is 1. The predicted octanol–water partition coefficient (Wildman–Crippen LogP) is 1.26. The first-order valence-electron chi connectivity index (χ1n) is 5.82. The molecule has 1 amide bonds. The van der Waals surface area contributed by atoms with Crippen LogP contribution in [-0.4, -0.2) is 55.1 Å². The van der Waals surface area contributed by atoms with E-state index in [1.807, 2.05) is 0 Å². The number of hydrogen-bond donors (Lipinski definition) is 1. The zero-order valence-corrected chi connectivity index (χ0v) is 12.0. The van der Waals surface area contributed by atoms with Gasteiger partial charge in [0.05, 0.1) is 12.2 Å². The summed E-state index contributed by atoms with van der Waals surface area (Å²) in [5, 5.41) is 2.77. The number of rotatable bonds is 5. The molecule has 0 spiro atoms. The van der Waals surface area contributed by atoms with Crippen molar-refractivity contribution in [1.29, 1.82) is 0 Å². The van der Waals surface area contributed by atoms with E-state index in [2.05, 4.69) is 24.1 Å². The van der Waals surface area contributed by atoms with E-state index < -0.39 is 0 Å². The summed E-state index contributed by atoms with van der Waals surface area (Å²) in [5.41, 5.74) is 0. The van der Waals surface area contributed by atoms with Crippen molar-refractivity contribution >= 4 is 29.9 Å². The molecule has 102 valence electrons. The molecule has 17 heavy (non-hydrogen) atoms. The Bertz CT molecular complexity index is 220. The standard InChI is InChI=1S/C11H21ClN2O2.ClH/c1-9-7-14(8-10(2)16-9)5-3-4-13-11(15)6-12;/h9-10H,3-8H2,1-2H3,(H,13,15);1H. The second kappa shape index (κ2) is 8.97. The fourth-order valence-electron chi connectivity index (χ4n) is 2.04. The summed E-state index contributed by atoms with van der Waals surface area (Å²) in [5.74, 6) is -0.0450. The predicted molar refractivity (Wildman–Crippen MR) is 72.0 cm³/mol. The molecule has 0 aliphatic carbocycles. The van der Waals surface area contributed by atoms with E-state index in [0.717, 1.165) is 26.1 Å². The molecule has 0 radical (unpaired) electrons. The number of alkyl halides is 1. The molecule has 1 saturated heterocycles. The molecule has 1 fully saturated rings. The van der Waals surface area contributed by atoms with E-state index in [9.17, 15) is 4.79 Å². The van der Waals surface area contributed by atoms with Gasteiger partial charge in [0.25, 0.3) is 0 Å². The third-order valence-corrected chi connectivity index (χ3v) is 2.83. The molecular weight excluding hydrogens is 263 g/mol. The van der Waals surface area contributed by atoms with Crippen LogP contribution in [0.5, 0.6) is 0 Å². The Labute approximate surface area is 114 Å². The molecular formula is C11H22Cl2N2O2. The van der Waals surface area contributed by atoms with Gasteiger partial charge < -0.3 is 10.1 Å². The van der Waals surface area contributed by atoms with Gasteiger partial charge in [0.1, 0.15) is 5.88 Å². The summed E-state index contributed by atoms with van der Waals surface area (Å²) in [7, 11) is 0. The van der Waals surface area contributed by atoms with Crippen LogP contribution in [0.25, 0.3) is 0 Å². The van der Waals surface area contributed by atoms with Crippen LogP contribution in [0.2, 0.25) is 0 Å². The summed E-state index contributed by atoms with van der Waals surface area (Å²) < 4.78 is 5.65. The number of nitrogens with one attached hydrogen (secondary N) is 1. The first kappa shape index (κ1) is 17.0. The molecule has 0 aromatic heterocycles. The average molecular weight is 285 g/mol. The number of amides is 1. The van der Waals surface area contributed by atoms with Gasteiger partial charge in [-0.05, 0) is 20.3 Å². The van der Waals surface area contributed by atoms with Crippen LogP contribution < -0.4 is 5.32 Å². The largest absolute Gasteiger partial charge is 0.373 e. The molecule has 0 saturated carbocycles. The molecule has 6 heteroatoms. The highest BCUT2D eigenvalue weighted by Gasteiger charge is 2.21. The molecule has 1 rings (SSSR count). The zero-order valence-electron chi connectivity index (χ0n) is 10.4. The summed E-state index contributed by atoms with van der Waals surface area (Å²) in [6.45, 7) is 7.85. The maximum atomic E-state index is 10.9. The van der Waals surface area contributed by atoms with E-state index in [-0.39, 0.29) is 24.2 Å². The minimum Gasteiger partial charge on any atom is -0.373 e. The van der Waals surface area contributed by atoms with E-state index in [1.54, 1.807) is 0 Å². The van der Waals surface area contributed by atoms with Gasteiger partial charge in [-0.25, -0.2) is 0 Å². The van der Waals surface area contributed by atoms with E-state index in [1.165, 1.54) is 0 Å². The first-order valence-corrected chi connectivity index (χ1v) is 6.35. The summed E-state index contributed by atoms with van der Waals surface area (Å²) >= 11 is 5.38. The Hall–Kier alpha value is -0.0300. The lowest BCUT2D eigenvalue weighted by atomic mass is 10.2. The Morgan fingerprint density at radius 3 is 2.53 bits per heavy atom. The van der Waals surface area contributed by atoms with Crippen molar-refractivity contribution < 1.29 is 9.53 Å². The zero-order chi connectivity index (χ0) is 12.0. The van der Waals surface area contributed by atoms with Crippen molar-refractivity contribution in [1.82, 2.24) is 10.2 Å². The van der Waals surface area contributed by atoms with Crippen LogP contribution in [-0.2, 0) is 9.53 Å². The van der Waals surface area contributed by atoms with Crippen molar-refractivity contribution in [2.45, 2.75) is 32.5 Å². The van der Waals surface area contributed by atoms with Gasteiger partial charge in [-0.2, -0.15) is 0 Å². The molecule has 1 aliphatic heterocycles. The Morgan fingerprint density at radius 1 is 1.41 bits per heavy atom. The van der Waals surface area contributed by atoms with Gasteiger partial charge in [0, 0.05) is 26.2 Å². The Morgan fingerprint density at radius 2 is 2.00 bits per heavy atom. The Kier molecular flexibility index (Phi) is 8.96. The SMILES string of the molecule is CC1CN(CCCNC(=O)CCl)CC(C)O1.Cl. The van der Waals surface area contributed by atoms with Crippen molar-refractivity contribution in [3.8, 4) is 0 Å². The van der Waals surface area contributed by atoms with Crippen LogP contribution >= 0.6 is 24.0 Å². The number of ether oxygens (including phenoxy) is 1. The highest BCUT2D eigenvalue weighted by molar-refractivity contribution is 6.27. The van der Waals surface area contributed by atoms with Gasteiger partial charge in [-0.15, -0.1) is 24.0 Å². The van der Waals surface area contributed by atoms with E-state index >= 15 is 0 Å². The molecule has 0 aromatic rings. The van der Waals surface area contributed by atoms with Gasteiger partial charge in [-0.1, -0.05) is 0 Å². The first-order chi connectivity index (χ1) is 7.61. The van der Waals surface area contributed by atoms with Crippen LogP contribution in [0.3, 0.4) is 0 Å². The van der Waals surface area contributed by atoms with Gasteiger partial charge in [0.2, 0.25) is 5.91 Å². The quantitative estimate of drug-likeness (QED) is 0.611. The fourth-order valence-corrected chi connectivity index (χ4v) is 2.14. The van der Waals surface area contributed by atoms with Crippen LogP contribution in [0.15, 0.2) is 0 Å². The van der Waals surface area contributed by atoms with Crippen LogP contribution in [0.4, 0.5) is 0 Å². The number of halogens is 2. The van der Waals surface area contributed by atoms with Crippen molar-refractivity contribution in [2.24, 2.45) is 0 Å². The molecule has 0 bridgehead atoms. The van der Waals surface area contributed by atoms with Crippen molar-refractivity contribution in [2.75, 3.05) is 32.1 Å². The second-order valence-electron chi connectivity index (χ2n) is 4.35. The molecule has 1 heterocycles. The molecule has 2 atom stereocenters. The maximum absolute atomic E-state index is 10.9. The van der Waals surface area contributed by atoms with Crippen molar-refractivity contribution in [3.05, 3.63) is 0 Å². The minimum atomic E-state index is -0.0922. The number of hydrogen-bond acceptors (Lipinski definition) is 3. The average Bonchev–Trinajstić information content (AvgIpc) is 2.22. The summed E-state index contributed by atoms with van der Waals surface area (Å²) in [4.78, 5) is 13.3. The highest BCUT2D eigenvalue weighted by Crippen LogP contribution is 2.10. The summed E-state index contributed by atoms with van der Waals surface area (Å²) in [6, 6.07) is 0. The number of nitrogens with zero attached hydrogens (tertiary/aromatic N) is 1. The van der Waals surface area contributed by atoms with Crippen molar-refractivity contribution in [3.63, 3.8) is 0 Å². The minimum absolute atomic E-state index is 0. The lowest BCUT2D eigenvalue weighted by Crippen LogP contribution is -2.46. The monoisotopic (exact) mass is 284 g/mol. The third kappa shape index (κ3) is 7.09. The molecule has 2 unspecified atom stereocenters. The molecule has 1 N–H and O–H groups in total. The normalized spacial score (nSPS) is 25.1. The van der Waals surface area contributed by atoms with Crippen LogP contribution in [0, 0.1) is 0 Å².